The average Bonchev–Trinajstić information content (AvgIpc) is 2.36. The van der Waals surface area contributed by atoms with E-state index in [-0.39, 0.29) is 11.4 Å². The molecule has 0 saturated heterocycles. The van der Waals surface area contributed by atoms with Gasteiger partial charge in [0, 0.05) is 19.8 Å². The van der Waals surface area contributed by atoms with Gasteiger partial charge in [-0.05, 0) is 20.3 Å². The number of carbonyl (C=O) groups excluding carboxylic acids is 1. The Bertz CT molecular complexity index is 262. The minimum atomic E-state index is -0.400. The highest BCUT2D eigenvalue weighted by Gasteiger charge is 2.21. The van der Waals surface area contributed by atoms with Crippen LogP contribution in [0.1, 0.15) is 33.1 Å². The van der Waals surface area contributed by atoms with Crippen molar-refractivity contribution < 1.29 is 19.0 Å². The van der Waals surface area contributed by atoms with E-state index in [1.165, 1.54) is 6.04 Å². The maximum Gasteiger partial charge on any atom is 0.333 e. The Balaban J connectivity index is 3.47. The smallest absolute Gasteiger partial charge is 0.333 e. The van der Waals surface area contributed by atoms with Crippen molar-refractivity contribution in [2.24, 2.45) is 0 Å². The van der Waals surface area contributed by atoms with Crippen LogP contribution in [0.2, 0.25) is 6.04 Å². The topological polar surface area (TPSA) is 44.8 Å². The van der Waals surface area contributed by atoms with Crippen LogP contribution in [0.3, 0.4) is 0 Å². The predicted molar refractivity (Wildman–Crippen MR) is 75.4 cm³/mol. The van der Waals surface area contributed by atoms with Gasteiger partial charge in [0.05, 0.1) is 16.1 Å². The van der Waals surface area contributed by atoms with E-state index >= 15 is 0 Å². The van der Waals surface area contributed by atoms with Gasteiger partial charge in [0.25, 0.3) is 0 Å². The normalized spacial score (nSPS) is 12.0. The third kappa shape index (κ3) is 7.63. The fraction of sp³-hybridized carbons (Fsp3) is 0.769. The first-order valence-corrected chi connectivity index (χ1v) is 8.09. The predicted octanol–water partition coefficient (Wildman–Crippen LogP) is 1.83. The van der Waals surface area contributed by atoms with Gasteiger partial charge in [-0.1, -0.05) is 25.5 Å². The zero-order valence-corrected chi connectivity index (χ0v) is 13.5. The van der Waals surface area contributed by atoms with Crippen molar-refractivity contribution >= 4 is 15.5 Å². The lowest BCUT2D eigenvalue weighted by Gasteiger charge is -2.26. The van der Waals surface area contributed by atoms with Crippen molar-refractivity contribution in [2.75, 3.05) is 20.8 Å². The van der Waals surface area contributed by atoms with Crippen LogP contribution in [0, 0.1) is 0 Å². The van der Waals surface area contributed by atoms with E-state index in [1.54, 1.807) is 21.1 Å². The molecule has 0 spiro atoms. The zero-order chi connectivity index (χ0) is 14.0. The molecule has 0 aromatic carbocycles. The van der Waals surface area contributed by atoms with Gasteiger partial charge in [0.2, 0.25) is 0 Å². The molecule has 0 radical (unpaired) electrons. The second-order valence-electron chi connectivity index (χ2n) is 4.62. The highest BCUT2D eigenvalue weighted by molar-refractivity contribution is 6.38. The SMILES string of the molecule is C=C(C)C(=O)OCCCCC[SiH2]C(C)(OC)OC. The van der Waals surface area contributed by atoms with Gasteiger partial charge in [0.1, 0.15) is 5.41 Å². The van der Waals surface area contributed by atoms with E-state index in [0.717, 1.165) is 19.3 Å². The fourth-order valence-electron chi connectivity index (χ4n) is 1.48. The molecule has 0 aliphatic heterocycles. The number of rotatable bonds is 10. The van der Waals surface area contributed by atoms with Crippen molar-refractivity contribution in [1.29, 1.82) is 0 Å². The first-order valence-electron chi connectivity index (χ1n) is 6.38. The van der Waals surface area contributed by atoms with Crippen LogP contribution in [-0.4, -0.2) is 41.7 Å². The number of ether oxygens (including phenoxy) is 3. The van der Waals surface area contributed by atoms with Gasteiger partial charge in [0.15, 0.2) is 0 Å². The van der Waals surface area contributed by atoms with Crippen molar-refractivity contribution in [3.05, 3.63) is 12.2 Å². The molecule has 0 N–H and O–H groups in total. The summed E-state index contributed by atoms with van der Waals surface area (Å²) in [6.07, 6.45) is 3.11. The van der Waals surface area contributed by atoms with Crippen LogP contribution < -0.4 is 0 Å². The Morgan fingerprint density at radius 1 is 1.22 bits per heavy atom. The summed E-state index contributed by atoms with van der Waals surface area (Å²) < 4.78 is 15.7. The van der Waals surface area contributed by atoms with Crippen LogP contribution in [-0.2, 0) is 19.0 Å². The molecule has 0 atom stereocenters. The molecule has 106 valence electrons. The summed E-state index contributed by atoms with van der Waals surface area (Å²) in [7, 11) is 2.98. The molecule has 0 aliphatic rings. The lowest BCUT2D eigenvalue weighted by molar-refractivity contribution is -0.139. The van der Waals surface area contributed by atoms with E-state index in [2.05, 4.69) is 6.58 Å². The number of carbonyl (C=O) groups is 1. The van der Waals surface area contributed by atoms with Gasteiger partial charge in [-0.15, -0.1) is 0 Å². The highest BCUT2D eigenvalue weighted by Crippen LogP contribution is 2.12. The van der Waals surface area contributed by atoms with Crippen molar-refractivity contribution in [3.8, 4) is 0 Å². The largest absolute Gasteiger partial charge is 0.462 e. The molecule has 0 rings (SSSR count). The maximum atomic E-state index is 11.1. The summed E-state index contributed by atoms with van der Waals surface area (Å²) in [6.45, 7) is 7.67. The molecule has 0 bridgehead atoms. The molecular formula is C13H26O4Si. The zero-order valence-electron chi connectivity index (χ0n) is 12.1. The standard InChI is InChI=1S/C13H26O4Si/c1-11(2)12(14)17-9-7-6-8-10-18-13(3,15-4)16-5/h1,6-10,18H2,2-5H3. The second kappa shape index (κ2) is 9.30. The molecular weight excluding hydrogens is 248 g/mol. The number of hydrogen-bond acceptors (Lipinski definition) is 4. The second-order valence-corrected chi connectivity index (χ2v) is 7.11. The fourth-order valence-corrected chi connectivity index (χ4v) is 3.13. The number of hydrogen-bond donors (Lipinski definition) is 0. The monoisotopic (exact) mass is 274 g/mol. The number of esters is 1. The molecule has 0 saturated carbocycles. The highest BCUT2D eigenvalue weighted by atomic mass is 28.2. The van der Waals surface area contributed by atoms with Crippen LogP contribution in [0.25, 0.3) is 0 Å². The van der Waals surface area contributed by atoms with Crippen LogP contribution in [0.5, 0.6) is 0 Å². The van der Waals surface area contributed by atoms with Gasteiger partial charge in [-0.2, -0.15) is 0 Å². The van der Waals surface area contributed by atoms with Gasteiger partial charge in [-0.3, -0.25) is 0 Å². The van der Waals surface area contributed by atoms with E-state index in [1.807, 2.05) is 6.92 Å². The Kier molecular flexibility index (Phi) is 8.96. The summed E-state index contributed by atoms with van der Waals surface area (Å²) in [5, 5.41) is 0. The van der Waals surface area contributed by atoms with Crippen molar-refractivity contribution in [1.82, 2.24) is 0 Å². The Labute approximate surface area is 113 Å². The van der Waals surface area contributed by atoms with E-state index < -0.39 is 9.52 Å². The summed E-state index contributed by atoms with van der Waals surface area (Å²) >= 11 is 0. The van der Waals surface area contributed by atoms with E-state index in [9.17, 15) is 4.79 Å². The van der Waals surface area contributed by atoms with E-state index in [4.69, 9.17) is 14.2 Å². The van der Waals surface area contributed by atoms with Crippen molar-refractivity contribution in [2.45, 2.75) is 44.6 Å². The molecule has 0 heterocycles. The molecule has 4 nitrogen and oxygen atoms in total. The average molecular weight is 274 g/mol. The molecule has 0 aliphatic carbocycles. The Morgan fingerprint density at radius 3 is 2.33 bits per heavy atom. The molecule has 0 fully saturated rings. The summed E-state index contributed by atoms with van der Waals surface area (Å²) in [6, 6.07) is 1.17. The van der Waals surface area contributed by atoms with Crippen LogP contribution in [0.4, 0.5) is 0 Å². The van der Waals surface area contributed by atoms with Gasteiger partial charge >= 0.3 is 5.97 Å². The Morgan fingerprint density at radius 2 is 1.83 bits per heavy atom. The van der Waals surface area contributed by atoms with Crippen LogP contribution in [0.15, 0.2) is 12.2 Å². The minimum Gasteiger partial charge on any atom is -0.462 e. The first-order chi connectivity index (χ1) is 8.45. The molecule has 0 aromatic heterocycles. The molecule has 0 aromatic rings. The van der Waals surface area contributed by atoms with Crippen LogP contribution >= 0.6 is 0 Å². The third-order valence-corrected chi connectivity index (χ3v) is 5.31. The van der Waals surface area contributed by atoms with Gasteiger partial charge in [-0.25, -0.2) is 4.79 Å². The molecule has 0 unspecified atom stereocenters. The quantitative estimate of drug-likeness (QED) is 0.200. The maximum absolute atomic E-state index is 11.1. The molecule has 18 heavy (non-hydrogen) atoms. The molecule has 0 amide bonds. The lowest BCUT2D eigenvalue weighted by atomic mass is 10.3. The lowest BCUT2D eigenvalue weighted by Crippen LogP contribution is -2.36. The van der Waals surface area contributed by atoms with Crippen molar-refractivity contribution in [3.63, 3.8) is 0 Å². The minimum absolute atomic E-state index is 0.296. The molecule has 5 heteroatoms. The van der Waals surface area contributed by atoms with Gasteiger partial charge < -0.3 is 14.2 Å². The summed E-state index contributed by atoms with van der Waals surface area (Å²) in [5.74, 6) is -0.296. The third-order valence-electron chi connectivity index (χ3n) is 2.97. The summed E-state index contributed by atoms with van der Waals surface area (Å²) in [5.41, 5.74) is 0.116. The first kappa shape index (κ1) is 17.3. The summed E-state index contributed by atoms with van der Waals surface area (Å²) in [4.78, 5) is 11.1. The number of unbranched alkanes of at least 4 members (excludes halogenated alkanes) is 2. The number of methoxy groups -OCH3 is 2. The van der Waals surface area contributed by atoms with E-state index in [0.29, 0.717) is 12.2 Å². The Hall–Kier alpha value is -0.653.